The lowest BCUT2D eigenvalue weighted by atomic mass is 10.0. The molecule has 1 heterocycles. The van der Waals surface area contributed by atoms with Crippen molar-refractivity contribution in [3.8, 4) is 0 Å². The van der Waals surface area contributed by atoms with Gasteiger partial charge >= 0.3 is 0 Å². The molecule has 0 N–H and O–H groups in total. The van der Waals surface area contributed by atoms with Gasteiger partial charge in [-0.25, -0.2) is 9.13 Å². The lowest BCUT2D eigenvalue weighted by Crippen LogP contribution is -2.37. The van der Waals surface area contributed by atoms with Crippen molar-refractivity contribution in [1.29, 1.82) is 0 Å². The Morgan fingerprint density at radius 2 is 0.608 bits per heavy atom. The maximum Gasteiger partial charge on any atom is 0.256 e. The molecule has 1 aromatic rings. The Bertz CT molecular complexity index is 781. The highest BCUT2D eigenvalue weighted by atomic mass is 15.1. The molecule has 0 bridgehead atoms. The van der Waals surface area contributed by atoms with Crippen LogP contribution < -0.4 is 4.57 Å². The molecule has 0 saturated carbocycles. The second-order valence-corrected chi connectivity index (χ2v) is 16.9. The van der Waals surface area contributed by atoms with Gasteiger partial charge in [-0.3, -0.25) is 0 Å². The molecule has 2 heteroatoms. The van der Waals surface area contributed by atoms with Crippen LogP contribution in [0.3, 0.4) is 0 Å². The van der Waals surface area contributed by atoms with E-state index in [1.165, 1.54) is 276 Å². The minimum Gasteiger partial charge on any atom is -0.234 e. The molecule has 0 radical (unpaired) electrons. The Kier molecular flexibility index (Phi) is 38.2. The number of hydrogen-bond acceptors (Lipinski definition) is 0. The number of nitrogens with zero attached hydrogens (tertiary/aromatic N) is 2. The van der Waals surface area contributed by atoms with Gasteiger partial charge in [0.1, 0.15) is 12.4 Å². The molecule has 0 aromatic carbocycles. The van der Waals surface area contributed by atoms with E-state index in [-0.39, 0.29) is 0 Å². The van der Waals surface area contributed by atoms with Crippen LogP contribution in [0.2, 0.25) is 0 Å². The zero-order valence-corrected chi connectivity index (χ0v) is 36.0. The third kappa shape index (κ3) is 32.4. The van der Waals surface area contributed by atoms with E-state index in [0.717, 1.165) is 0 Å². The van der Waals surface area contributed by atoms with Crippen LogP contribution in [-0.2, 0) is 19.5 Å². The van der Waals surface area contributed by atoms with Gasteiger partial charge in [-0.1, -0.05) is 245 Å². The van der Waals surface area contributed by atoms with Crippen LogP contribution in [0, 0.1) is 0 Å². The van der Waals surface area contributed by atoms with Crippen molar-refractivity contribution in [2.24, 2.45) is 0 Å². The Hall–Kier alpha value is -0.790. The first kappa shape index (κ1) is 48.2. The Morgan fingerprint density at radius 1 is 0.333 bits per heavy atom. The first-order valence-electron chi connectivity index (χ1n) is 24.4. The molecule has 51 heavy (non-hydrogen) atoms. The van der Waals surface area contributed by atoms with Crippen molar-refractivity contribution >= 4 is 0 Å². The van der Waals surface area contributed by atoms with Crippen molar-refractivity contribution in [3.63, 3.8) is 0 Å². The molecule has 0 aliphatic carbocycles. The first-order chi connectivity index (χ1) is 25.3. The summed E-state index contributed by atoms with van der Waals surface area (Å²) in [5.41, 5.74) is 0. The molecule has 0 fully saturated rings. The predicted molar refractivity (Wildman–Crippen MR) is 230 cm³/mol. The van der Waals surface area contributed by atoms with Crippen molar-refractivity contribution in [2.75, 3.05) is 0 Å². The molecule has 0 aliphatic rings. The Morgan fingerprint density at radius 3 is 0.941 bits per heavy atom. The zero-order chi connectivity index (χ0) is 36.6. The topological polar surface area (TPSA) is 8.81 Å². The molecule has 302 valence electrons. The van der Waals surface area contributed by atoms with E-state index in [0.29, 0.717) is 0 Å². The van der Waals surface area contributed by atoms with E-state index in [2.05, 4.69) is 42.3 Å². The van der Waals surface area contributed by atoms with Gasteiger partial charge in [-0.2, -0.15) is 0 Å². The van der Waals surface area contributed by atoms with Gasteiger partial charge in [0, 0.05) is 6.42 Å². The van der Waals surface area contributed by atoms with Gasteiger partial charge in [-0.15, -0.1) is 0 Å². The van der Waals surface area contributed by atoms with Crippen LogP contribution in [0.1, 0.15) is 283 Å². The summed E-state index contributed by atoms with van der Waals surface area (Å²) in [7, 11) is 0. The first-order valence-corrected chi connectivity index (χ1v) is 24.4. The molecule has 0 atom stereocenters. The van der Waals surface area contributed by atoms with E-state index in [9.17, 15) is 0 Å². The minimum absolute atomic E-state index is 1.23. The van der Waals surface area contributed by atoms with Crippen molar-refractivity contribution < 1.29 is 4.57 Å². The van der Waals surface area contributed by atoms with Crippen molar-refractivity contribution in [3.05, 3.63) is 18.2 Å². The van der Waals surface area contributed by atoms with Crippen LogP contribution in [0.5, 0.6) is 0 Å². The van der Waals surface area contributed by atoms with Gasteiger partial charge < -0.3 is 0 Å². The summed E-state index contributed by atoms with van der Waals surface area (Å²) in [5, 5.41) is 0. The number of aryl methyl sites for hydroxylation is 2. The van der Waals surface area contributed by atoms with Gasteiger partial charge in [-0.05, 0) is 32.1 Å². The number of aromatic nitrogens is 2. The normalized spacial score (nSPS) is 11.7. The number of hydrogen-bond donors (Lipinski definition) is 0. The summed E-state index contributed by atoms with van der Waals surface area (Å²) < 4.78 is 5.31. The second kappa shape index (κ2) is 40.4. The fourth-order valence-corrected chi connectivity index (χ4v) is 8.27. The van der Waals surface area contributed by atoms with Crippen LogP contribution in [0.15, 0.2) is 12.4 Å². The lowest BCUT2D eigenvalue weighted by Gasteiger charge is -2.07. The van der Waals surface area contributed by atoms with E-state index >= 15 is 0 Å². The van der Waals surface area contributed by atoms with E-state index in [4.69, 9.17) is 0 Å². The smallest absolute Gasteiger partial charge is 0.234 e. The molecule has 0 spiro atoms. The molecule has 0 aliphatic heterocycles. The molecule has 0 unspecified atom stereocenters. The molecule has 2 nitrogen and oxygen atoms in total. The second-order valence-electron chi connectivity index (χ2n) is 16.9. The third-order valence-corrected chi connectivity index (χ3v) is 11.8. The lowest BCUT2D eigenvalue weighted by molar-refractivity contribution is -0.704. The van der Waals surface area contributed by atoms with Gasteiger partial charge in [0.25, 0.3) is 5.82 Å². The maximum atomic E-state index is 2.66. The summed E-state index contributed by atoms with van der Waals surface area (Å²) in [6.45, 7) is 9.42. The molecule has 0 amide bonds. The highest BCUT2D eigenvalue weighted by Gasteiger charge is 2.16. The monoisotopic (exact) mass is 714 g/mol. The van der Waals surface area contributed by atoms with E-state index < -0.39 is 0 Å². The molecule has 1 rings (SSSR count). The number of rotatable bonds is 43. The fraction of sp³-hybridized carbons (Fsp3) is 0.939. The third-order valence-electron chi connectivity index (χ3n) is 11.8. The van der Waals surface area contributed by atoms with E-state index in [1.54, 1.807) is 5.82 Å². The summed E-state index contributed by atoms with van der Waals surface area (Å²) in [5.74, 6) is 1.63. The van der Waals surface area contributed by atoms with Gasteiger partial charge in [0.05, 0.1) is 13.1 Å². The van der Waals surface area contributed by atoms with Crippen LogP contribution in [0.25, 0.3) is 0 Å². The molecular weight excluding hydrogens is 617 g/mol. The highest BCUT2D eigenvalue weighted by molar-refractivity contribution is 4.84. The standard InChI is InChI=1S/C49H97N2/c1-4-7-10-13-16-19-22-25-28-31-34-37-40-43-46-51-48-47-50(45-42-39-36-33-30-27-24-21-18-15-12-9-6-3)49(51)44-41-38-35-32-29-26-23-20-17-14-11-8-5-2/h47-48H,4-46H2,1-3H3/q+1. The highest BCUT2D eigenvalue weighted by Crippen LogP contribution is 2.17. The summed E-state index contributed by atoms with van der Waals surface area (Å²) in [6, 6.07) is 0. The molecule has 1 aromatic heterocycles. The van der Waals surface area contributed by atoms with Crippen LogP contribution in [-0.4, -0.2) is 4.57 Å². The fourth-order valence-electron chi connectivity index (χ4n) is 8.27. The van der Waals surface area contributed by atoms with Crippen LogP contribution in [0.4, 0.5) is 0 Å². The molecule has 0 saturated heterocycles. The largest absolute Gasteiger partial charge is 0.256 e. The summed E-state index contributed by atoms with van der Waals surface area (Å²) in [6.07, 6.45) is 63.8. The maximum absolute atomic E-state index is 2.66. The van der Waals surface area contributed by atoms with Gasteiger partial charge in [0.2, 0.25) is 0 Å². The van der Waals surface area contributed by atoms with Crippen molar-refractivity contribution in [2.45, 2.75) is 297 Å². The SMILES string of the molecule is CCCCCCCCCCCCCCCCn1cc[n+](CCCCCCCCCCCCCCC)c1CCCCCCCCCCCCCCC. The quantitative estimate of drug-likeness (QED) is 0.0471. The average Bonchev–Trinajstić information content (AvgIpc) is 3.53. The van der Waals surface area contributed by atoms with E-state index in [1.807, 2.05) is 0 Å². The summed E-state index contributed by atoms with van der Waals surface area (Å²) >= 11 is 0. The molecular formula is C49H97N2+. The minimum atomic E-state index is 1.23. The predicted octanol–water partition coefficient (Wildman–Crippen LogP) is 17.0. The Labute approximate surface area is 323 Å². The summed E-state index contributed by atoms with van der Waals surface area (Å²) in [4.78, 5) is 0. The van der Waals surface area contributed by atoms with Crippen molar-refractivity contribution in [1.82, 2.24) is 4.57 Å². The zero-order valence-electron chi connectivity index (χ0n) is 36.0. The average molecular weight is 714 g/mol. The Balaban J connectivity index is 2.27. The van der Waals surface area contributed by atoms with Crippen LogP contribution >= 0.6 is 0 Å². The number of unbranched alkanes of at least 4 members (excludes halogenated alkanes) is 37. The number of imidazole rings is 1. The van der Waals surface area contributed by atoms with Gasteiger partial charge in [0.15, 0.2) is 0 Å².